The number of nitrogens with zero attached hydrogens (tertiary/aromatic N) is 1. The van der Waals surface area contributed by atoms with Crippen molar-refractivity contribution in [3.05, 3.63) is 50.4 Å². The molecule has 29 heavy (non-hydrogen) atoms. The van der Waals surface area contributed by atoms with Crippen LogP contribution < -0.4 is 4.90 Å². The molecule has 0 N–H and O–H groups in total. The summed E-state index contributed by atoms with van der Waals surface area (Å²) in [5.74, 6) is -1.45. The first-order valence-corrected chi connectivity index (χ1v) is 10.1. The minimum Gasteiger partial charge on any atom is -0.382 e. The second-order valence-electron chi connectivity index (χ2n) is 6.53. The Morgan fingerprint density at radius 1 is 1.03 bits per heavy atom. The molecule has 1 aliphatic rings. The van der Waals surface area contributed by atoms with Crippen molar-refractivity contribution in [1.29, 1.82) is 0 Å². The summed E-state index contributed by atoms with van der Waals surface area (Å²) in [6, 6.07) is 8.24. The number of carbonyl (C=O) groups excluding carboxylic acids is 2. The first-order valence-electron chi connectivity index (χ1n) is 8.61. The molecule has 3 rings (SSSR count). The maximum atomic E-state index is 12.9. The molecule has 9 heteroatoms. The third-order valence-corrected chi connectivity index (χ3v) is 6.05. The van der Waals surface area contributed by atoms with Gasteiger partial charge in [-0.05, 0) is 29.8 Å². The van der Waals surface area contributed by atoms with Crippen LogP contribution in [-0.4, -0.2) is 38.7 Å². The lowest BCUT2D eigenvalue weighted by atomic mass is 10.0. The number of amides is 2. The van der Waals surface area contributed by atoms with E-state index in [4.69, 9.17) is 55.9 Å². The van der Waals surface area contributed by atoms with Gasteiger partial charge in [0, 0.05) is 36.2 Å². The monoisotopic (exact) mass is 475 g/mol. The van der Waals surface area contributed by atoms with E-state index in [1.165, 1.54) is 14.2 Å². The highest BCUT2D eigenvalue weighted by Crippen LogP contribution is 2.43. The summed E-state index contributed by atoms with van der Waals surface area (Å²) in [4.78, 5) is 26.6. The Labute approximate surface area is 188 Å². The van der Waals surface area contributed by atoms with Crippen LogP contribution in [0.5, 0.6) is 0 Å². The molecule has 0 bridgehead atoms. The van der Waals surface area contributed by atoms with Gasteiger partial charge in [0.15, 0.2) is 0 Å². The fourth-order valence-electron chi connectivity index (χ4n) is 3.36. The zero-order valence-electron chi connectivity index (χ0n) is 15.5. The van der Waals surface area contributed by atoms with Gasteiger partial charge in [0.2, 0.25) is 11.8 Å². The van der Waals surface area contributed by atoms with E-state index in [0.717, 1.165) is 4.90 Å². The Bertz CT molecular complexity index is 945. The van der Waals surface area contributed by atoms with Gasteiger partial charge in [0.25, 0.3) is 0 Å². The minimum atomic E-state index is -0.659. The largest absolute Gasteiger partial charge is 0.382 e. The second kappa shape index (κ2) is 9.21. The molecule has 2 amide bonds. The van der Waals surface area contributed by atoms with Gasteiger partial charge in [-0.25, -0.2) is 4.90 Å². The molecule has 1 aliphatic heterocycles. The van der Waals surface area contributed by atoms with E-state index in [9.17, 15) is 9.59 Å². The van der Waals surface area contributed by atoms with Gasteiger partial charge < -0.3 is 9.47 Å². The number of imide groups is 1. The van der Waals surface area contributed by atoms with E-state index in [0.29, 0.717) is 21.2 Å². The normalized spacial score (nSPS) is 17.9. The predicted octanol–water partition coefficient (Wildman–Crippen LogP) is 5.51. The number of methoxy groups -OCH3 is 2. The van der Waals surface area contributed by atoms with E-state index in [-0.39, 0.29) is 34.7 Å². The number of halogens is 4. The fraction of sp³-hybridized carbons (Fsp3) is 0.300. The van der Waals surface area contributed by atoms with Crippen molar-refractivity contribution >= 4 is 63.9 Å². The van der Waals surface area contributed by atoms with Gasteiger partial charge in [0.1, 0.15) is 0 Å². The van der Waals surface area contributed by atoms with Gasteiger partial charge in [0.05, 0.1) is 34.4 Å². The lowest BCUT2D eigenvalue weighted by molar-refractivity contribution is -0.126. The van der Waals surface area contributed by atoms with Crippen LogP contribution in [0.2, 0.25) is 20.1 Å². The van der Waals surface area contributed by atoms with Crippen molar-refractivity contribution in [1.82, 2.24) is 0 Å². The van der Waals surface area contributed by atoms with Crippen LogP contribution in [0.25, 0.3) is 11.1 Å². The van der Waals surface area contributed by atoms with Crippen LogP contribution in [0, 0.1) is 5.92 Å². The first-order chi connectivity index (χ1) is 13.8. The van der Waals surface area contributed by atoms with Crippen molar-refractivity contribution in [2.75, 3.05) is 25.7 Å². The third kappa shape index (κ3) is 4.41. The van der Waals surface area contributed by atoms with Crippen molar-refractivity contribution in [2.24, 2.45) is 5.92 Å². The molecule has 2 aromatic rings. The molecular weight excluding hydrogens is 460 g/mol. The summed E-state index contributed by atoms with van der Waals surface area (Å²) in [6.45, 7) is 0.191. The standard InChI is InChI=1S/C20H17Cl4NO4/c1-28-9-16(29-2)14-8-17(26)25(20(14)27)15-4-3-13(18(23)19(15)24)10-5-11(21)7-12(22)6-10/h3-7,14,16H,8-9H2,1-2H3. The lowest BCUT2D eigenvalue weighted by Gasteiger charge is -2.21. The summed E-state index contributed by atoms with van der Waals surface area (Å²) in [5.41, 5.74) is 1.46. The van der Waals surface area contributed by atoms with Gasteiger partial charge in [-0.3, -0.25) is 9.59 Å². The molecule has 2 aromatic carbocycles. The lowest BCUT2D eigenvalue weighted by Crippen LogP contribution is -2.36. The molecule has 1 saturated heterocycles. The van der Waals surface area contributed by atoms with Crippen molar-refractivity contribution < 1.29 is 19.1 Å². The Morgan fingerprint density at radius 3 is 2.28 bits per heavy atom. The Hall–Kier alpha value is -1.34. The van der Waals surface area contributed by atoms with E-state index in [1.54, 1.807) is 30.3 Å². The van der Waals surface area contributed by atoms with Gasteiger partial charge in [-0.2, -0.15) is 0 Å². The number of benzene rings is 2. The van der Waals surface area contributed by atoms with Crippen LogP contribution in [0.3, 0.4) is 0 Å². The summed E-state index contributed by atoms with van der Waals surface area (Å²) >= 11 is 25.1. The Kier molecular flexibility index (Phi) is 7.10. The number of anilines is 1. The quantitative estimate of drug-likeness (QED) is 0.516. The van der Waals surface area contributed by atoms with E-state index in [1.807, 2.05) is 0 Å². The Balaban J connectivity index is 1.99. The summed E-state index contributed by atoms with van der Waals surface area (Å²) in [6.07, 6.45) is -0.538. The predicted molar refractivity (Wildman–Crippen MR) is 115 cm³/mol. The average Bonchev–Trinajstić information content (AvgIpc) is 2.95. The van der Waals surface area contributed by atoms with Crippen LogP contribution in [0.15, 0.2) is 30.3 Å². The van der Waals surface area contributed by atoms with Crippen LogP contribution in [0.4, 0.5) is 5.69 Å². The van der Waals surface area contributed by atoms with Crippen molar-refractivity contribution in [3.63, 3.8) is 0 Å². The van der Waals surface area contributed by atoms with E-state index < -0.39 is 17.9 Å². The van der Waals surface area contributed by atoms with Crippen molar-refractivity contribution in [2.45, 2.75) is 12.5 Å². The number of carbonyl (C=O) groups is 2. The fourth-order valence-corrected chi connectivity index (χ4v) is 4.40. The zero-order chi connectivity index (χ0) is 21.3. The molecule has 2 atom stereocenters. The van der Waals surface area contributed by atoms with Gasteiger partial charge >= 0.3 is 0 Å². The van der Waals surface area contributed by atoms with E-state index in [2.05, 4.69) is 0 Å². The summed E-state index contributed by atoms with van der Waals surface area (Å²) in [7, 11) is 2.97. The van der Waals surface area contributed by atoms with Crippen LogP contribution in [0.1, 0.15) is 6.42 Å². The smallest absolute Gasteiger partial charge is 0.240 e. The average molecular weight is 477 g/mol. The minimum absolute atomic E-state index is 0.000298. The molecule has 0 saturated carbocycles. The molecule has 5 nitrogen and oxygen atoms in total. The molecule has 0 aromatic heterocycles. The highest BCUT2D eigenvalue weighted by atomic mass is 35.5. The Morgan fingerprint density at radius 2 is 1.69 bits per heavy atom. The third-order valence-electron chi connectivity index (χ3n) is 4.74. The molecule has 1 fully saturated rings. The summed E-state index contributed by atoms with van der Waals surface area (Å²) < 4.78 is 10.4. The summed E-state index contributed by atoms with van der Waals surface area (Å²) in [5, 5.41) is 1.16. The zero-order valence-corrected chi connectivity index (χ0v) is 18.6. The molecule has 154 valence electrons. The number of hydrogen-bond acceptors (Lipinski definition) is 4. The molecule has 0 aliphatic carbocycles. The molecular formula is C20H17Cl4NO4. The van der Waals surface area contributed by atoms with E-state index >= 15 is 0 Å². The maximum Gasteiger partial charge on any atom is 0.240 e. The SMILES string of the molecule is COCC(OC)C1CC(=O)N(c2ccc(-c3cc(Cl)cc(Cl)c3)c(Cl)c2Cl)C1=O. The molecule has 0 radical (unpaired) electrons. The van der Waals surface area contributed by atoms with Gasteiger partial charge in [-0.15, -0.1) is 0 Å². The second-order valence-corrected chi connectivity index (χ2v) is 8.15. The number of hydrogen-bond donors (Lipinski definition) is 0. The number of ether oxygens (including phenoxy) is 2. The van der Waals surface area contributed by atoms with Crippen LogP contribution in [-0.2, 0) is 19.1 Å². The highest BCUT2D eigenvalue weighted by molar-refractivity contribution is 6.46. The molecule has 2 unspecified atom stereocenters. The van der Waals surface area contributed by atoms with Crippen molar-refractivity contribution in [3.8, 4) is 11.1 Å². The topological polar surface area (TPSA) is 55.8 Å². The maximum absolute atomic E-state index is 12.9. The molecule has 1 heterocycles. The first kappa shape index (κ1) is 22.3. The van der Waals surface area contributed by atoms with Gasteiger partial charge in [-0.1, -0.05) is 52.5 Å². The number of rotatable bonds is 6. The molecule has 0 spiro atoms. The highest BCUT2D eigenvalue weighted by Gasteiger charge is 2.44. The van der Waals surface area contributed by atoms with Crippen LogP contribution >= 0.6 is 46.4 Å².